The Kier molecular flexibility index (Phi) is 10.6. The van der Waals surface area contributed by atoms with Crippen molar-refractivity contribution in [3.8, 4) is 16.9 Å². The maximum absolute atomic E-state index is 13.8. The summed E-state index contributed by atoms with van der Waals surface area (Å²) >= 11 is 0. The Balaban J connectivity index is 0.00000177. The first kappa shape index (κ1) is 34.5. The standard InChI is InChI=1S/C34H41N3O5.CO2/c1-21-13-11-12-14-25(21)27-17-24(18-29-26(27)15-16-36(29)31(38)41-33(4,5)6)37(32(39)42-34(7,8)9)20-28-23(3)30(40-10)22(2)19-35-28;2-1-3/h11-19H,20H2,1-10H3;. The van der Waals surface area contributed by atoms with Crippen molar-refractivity contribution in [2.45, 2.75) is 80.1 Å². The van der Waals surface area contributed by atoms with Crippen molar-refractivity contribution in [3.63, 3.8) is 0 Å². The first-order chi connectivity index (χ1) is 21.0. The summed E-state index contributed by atoms with van der Waals surface area (Å²) < 4.78 is 18.7. The Labute approximate surface area is 263 Å². The number of rotatable bonds is 5. The zero-order chi connectivity index (χ0) is 33.7. The van der Waals surface area contributed by atoms with E-state index in [1.54, 1.807) is 24.4 Å². The quantitative estimate of drug-likeness (QED) is 0.223. The Morgan fingerprint density at radius 1 is 0.889 bits per heavy atom. The maximum Gasteiger partial charge on any atom is 0.418 e. The van der Waals surface area contributed by atoms with E-state index in [2.05, 4.69) is 4.98 Å². The van der Waals surface area contributed by atoms with Crippen LogP contribution in [0, 0.1) is 20.8 Å². The zero-order valence-electron chi connectivity index (χ0n) is 27.6. The molecule has 10 nitrogen and oxygen atoms in total. The van der Waals surface area contributed by atoms with Crippen LogP contribution in [-0.2, 0) is 25.6 Å². The van der Waals surface area contributed by atoms with Crippen molar-refractivity contribution in [1.29, 1.82) is 0 Å². The maximum atomic E-state index is 13.8. The molecule has 0 atom stereocenters. The van der Waals surface area contributed by atoms with Gasteiger partial charge in [0.05, 0.1) is 30.6 Å². The molecule has 0 aliphatic rings. The molecular weight excluding hydrogens is 574 g/mol. The molecule has 0 radical (unpaired) electrons. The number of fused-ring (bicyclic) bond motifs is 1. The van der Waals surface area contributed by atoms with Crippen LogP contribution < -0.4 is 9.64 Å². The largest absolute Gasteiger partial charge is 0.496 e. The van der Waals surface area contributed by atoms with E-state index in [1.165, 1.54) is 4.57 Å². The molecule has 0 unspecified atom stereocenters. The molecule has 0 N–H and O–H groups in total. The molecule has 2 heterocycles. The molecule has 0 saturated heterocycles. The van der Waals surface area contributed by atoms with Gasteiger partial charge >= 0.3 is 18.3 Å². The molecule has 0 fully saturated rings. The number of anilines is 1. The van der Waals surface area contributed by atoms with E-state index in [-0.39, 0.29) is 12.7 Å². The van der Waals surface area contributed by atoms with Crippen LogP contribution in [0.3, 0.4) is 0 Å². The van der Waals surface area contributed by atoms with E-state index in [1.807, 2.05) is 105 Å². The van der Waals surface area contributed by atoms with Crippen LogP contribution in [-0.4, -0.2) is 46.2 Å². The summed E-state index contributed by atoms with van der Waals surface area (Å²) in [5, 5.41) is 0.856. The van der Waals surface area contributed by atoms with E-state index in [4.69, 9.17) is 23.8 Å². The first-order valence-corrected chi connectivity index (χ1v) is 14.4. The molecule has 0 spiro atoms. The Morgan fingerprint density at radius 2 is 1.51 bits per heavy atom. The van der Waals surface area contributed by atoms with Gasteiger partial charge in [-0.2, -0.15) is 9.59 Å². The lowest BCUT2D eigenvalue weighted by atomic mass is 9.96. The molecule has 4 aromatic rings. The third kappa shape index (κ3) is 8.37. The van der Waals surface area contributed by atoms with Gasteiger partial charge in [0.15, 0.2) is 0 Å². The molecule has 0 bridgehead atoms. The van der Waals surface area contributed by atoms with Crippen LogP contribution in [0.4, 0.5) is 15.3 Å². The van der Waals surface area contributed by atoms with E-state index in [0.717, 1.165) is 39.0 Å². The van der Waals surface area contributed by atoms with Crippen molar-refractivity contribution >= 4 is 34.9 Å². The number of amides is 1. The number of benzene rings is 2. The fraction of sp³-hybridized carbons (Fsp3) is 0.371. The summed E-state index contributed by atoms with van der Waals surface area (Å²) in [6.07, 6.45) is 2.66. The third-order valence-corrected chi connectivity index (χ3v) is 6.80. The Hall–Kier alpha value is -4.95. The lowest BCUT2D eigenvalue weighted by Crippen LogP contribution is -2.37. The monoisotopic (exact) mass is 615 g/mol. The number of aromatic nitrogens is 2. The number of methoxy groups -OCH3 is 1. The topological polar surface area (TPSA) is 117 Å². The molecule has 1 amide bonds. The minimum absolute atomic E-state index is 0.128. The summed E-state index contributed by atoms with van der Waals surface area (Å²) in [5.41, 5.74) is 5.09. The average molecular weight is 616 g/mol. The Bertz CT molecular complexity index is 1740. The summed E-state index contributed by atoms with van der Waals surface area (Å²) in [5.74, 6) is 0.721. The lowest BCUT2D eigenvalue weighted by molar-refractivity contribution is -0.191. The smallest absolute Gasteiger partial charge is 0.418 e. The van der Waals surface area contributed by atoms with Crippen LogP contribution in [0.2, 0.25) is 0 Å². The first-order valence-electron chi connectivity index (χ1n) is 14.4. The van der Waals surface area contributed by atoms with Gasteiger partial charge in [-0.3, -0.25) is 14.5 Å². The van der Waals surface area contributed by atoms with Crippen molar-refractivity contribution in [3.05, 3.63) is 77.2 Å². The normalized spacial score (nSPS) is 11.2. The van der Waals surface area contributed by atoms with Crippen LogP contribution in [0.15, 0.2) is 54.9 Å². The molecule has 0 aliphatic heterocycles. The number of carbonyl (C=O) groups is 2. The lowest BCUT2D eigenvalue weighted by Gasteiger charge is -2.28. The van der Waals surface area contributed by atoms with Gasteiger partial charge in [-0.25, -0.2) is 9.59 Å². The highest BCUT2D eigenvalue weighted by Crippen LogP contribution is 2.37. The second-order valence-electron chi connectivity index (χ2n) is 12.6. The number of hydrogen-bond acceptors (Lipinski definition) is 8. The van der Waals surface area contributed by atoms with Gasteiger partial charge in [-0.05, 0) is 97.2 Å². The van der Waals surface area contributed by atoms with Crippen LogP contribution in [0.5, 0.6) is 5.75 Å². The molecule has 0 aliphatic carbocycles. The number of hydrogen-bond donors (Lipinski definition) is 0. The van der Waals surface area contributed by atoms with Gasteiger partial charge in [-0.1, -0.05) is 24.3 Å². The summed E-state index contributed by atoms with van der Waals surface area (Å²) in [6.45, 7) is 17.0. The van der Waals surface area contributed by atoms with E-state index in [9.17, 15) is 9.59 Å². The van der Waals surface area contributed by atoms with Crippen LogP contribution in [0.25, 0.3) is 22.0 Å². The average Bonchev–Trinajstić information content (AvgIpc) is 3.36. The highest BCUT2D eigenvalue weighted by molar-refractivity contribution is 6.04. The van der Waals surface area contributed by atoms with Gasteiger partial charge in [0.1, 0.15) is 17.0 Å². The van der Waals surface area contributed by atoms with Crippen molar-refractivity contribution < 1.29 is 33.4 Å². The highest BCUT2D eigenvalue weighted by Gasteiger charge is 2.28. The fourth-order valence-electron chi connectivity index (χ4n) is 4.91. The molecule has 238 valence electrons. The minimum atomic E-state index is -0.734. The molecule has 2 aromatic heterocycles. The van der Waals surface area contributed by atoms with E-state index in [0.29, 0.717) is 16.9 Å². The van der Waals surface area contributed by atoms with E-state index >= 15 is 0 Å². The minimum Gasteiger partial charge on any atom is -0.496 e. The number of aryl methyl sites for hydroxylation is 2. The second kappa shape index (κ2) is 13.8. The van der Waals surface area contributed by atoms with Crippen molar-refractivity contribution in [1.82, 2.24) is 9.55 Å². The van der Waals surface area contributed by atoms with Crippen LogP contribution >= 0.6 is 0 Å². The number of pyridine rings is 1. The number of nitrogens with zero attached hydrogens (tertiary/aromatic N) is 3. The number of carbonyl (C=O) groups excluding carboxylic acids is 4. The Morgan fingerprint density at radius 3 is 2.09 bits per heavy atom. The molecule has 45 heavy (non-hydrogen) atoms. The summed E-state index contributed by atoms with van der Waals surface area (Å²) in [4.78, 5) is 49.6. The predicted molar refractivity (Wildman–Crippen MR) is 171 cm³/mol. The van der Waals surface area contributed by atoms with E-state index < -0.39 is 23.4 Å². The SMILES string of the molecule is COc1c(C)cnc(CN(C(=O)OC(C)(C)C)c2cc(-c3ccccc3C)c3ccn(C(=O)OC(C)(C)C)c3c2)c1C.O=C=O. The highest BCUT2D eigenvalue weighted by atomic mass is 16.6. The van der Waals surface area contributed by atoms with Crippen molar-refractivity contribution in [2.75, 3.05) is 12.0 Å². The van der Waals surface area contributed by atoms with Gasteiger partial charge in [0.2, 0.25) is 0 Å². The fourth-order valence-corrected chi connectivity index (χ4v) is 4.91. The molecular formula is C35H41N3O7. The number of ether oxygens (including phenoxy) is 3. The molecule has 10 heteroatoms. The summed E-state index contributed by atoms with van der Waals surface area (Å²) in [6, 6.07) is 13.7. The van der Waals surface area contributed by atoms with Crippen molar-refractivity contribution in [2.24, 2.45) is 0 Å². The third-order valence-electron chi connectivity index (χ3n) is 6.80. The summed E-state index contributed by atoms with van der Waals surface area (Å²) in [7, 11) is 1.62. The van der Waals surface area contributed by atoms with Gasteiger partial charge in [0, 0.05) is 28.9 Å². The second-order valence-corrected chi connectivity index (χ2v) is 12.6. The molecule has 2 aromatic carbocycles. The predicted octanol–water partition coefficient (Wildman–Crippen LogP) is 7.78. The van der Waals surface area contributed by atoms with Gasteiger partial charge < -0.3 is 14.2 Å². The molecule has 4 rings (SSSR count). The van der Waals surface area contributed by atoms with Gasteiger partial charge in [0.25, 0.3) is 0 Å². The molecule has 0 saturated carbocycles. The zero-order valence-corrected chi connectivity index (χ0v) is 27.6. The van der Waals surface area contributed by atoms with Crippen LogP contribution in [0.1, 0.15) is 63.9 Å². The van der Waals surface area contributed by atoms with Gasteiger partial charge in [-0.15, -0.1) is 0 Å².